The Morgan fingerprint density at radius 2 is 2.24 bits per heavy atom. The molecule has 1 unspecified atom stereocenters. The second kappa shape index (κ2) is 3.82. The van der Waals surface area contributed by atoms with Crippen molar-refractivity contribution < 1.29 is 0 Å². The number of aromatic nitrogens is 2. The van der Waals surface area contributed by atoms with Gasteiger partial charge in [-0.2, -0.15) is 0 Å². The van der Waals surface area contributed by atoms with Gasteiger partial charge in [0.05, 0.1) is 6.33 Å². The molecule has 0 radical (unpaired) electrons. The quantitative estimate of drug-likeness (QED) is 0.767. The topological polar surface area (TPSA) is 64.3 Å². The number of likely N-dealkylation sites (tertiary alicyclic amines) is 1. The molecule has 3 rings (SSSR count). The molecule has 0 aliphatic carbocycles. The van der Waals surface area contributed by atoms with Crippen LogP contribution in [0.1, 0.15) is 32.1 Å². The minimum absolute atomic E-state index is 0.0587. The fourth-order valence-electron chi connectivity index (χ4n) is 2.36. The van der Waals surface area contributed by atoms with Crippen molar-refractivity contribution in [2.45, 2.75) is 32.5 Å². The third-order valence-corrected chi connectivity index (χ3v) is 3.39. The van der Waals surface area contributed by atoms with E-state index in [0.29, 0.717) is 5.69 Å². The van der Waals surface area contributed by atoms with Gasteiger partial charge in [0.1, 0.15) is 17.5 Å². The van der Waals surface area contributed by atoms with Crippen molar-refractivity contribution in [3.63, 3.8) is 0 Å². The Labute approximate surface area is 99.6 Å². The van der Waals surface area contributed by atoms with Crippen LogP contribution in [-0.2, 0) is 0 Å². The van der Waals surface area contributed by atoms with Crippen molar-refractivity contribution in [1.82, 2.24) is 20.3 Å². The fourth-order valence-corrected chi connectivity index (χ4v) is 2.36. The van der Waals surface area contributed by atoms with Gasteiger partial charge in [-0.05, 0) is 20.3 Å². The Morgan fingerprint density at radius 3 is 2.82 bits per heavy atom. The lowest BCUT2D eigenvalue weighted by Crippen LogP contribution is -2.50. The maximum atomic E-state index is 11.9. The summed E-state index contributed by atoms with van der Waals surface area (Å²) in [4.78, 5) is 21.2. The lowest BCUT2D eigenvalue weighted by atomic mass is 10.1. The lowest BCUT2D eigenvalue weighted by Gasteiger charge is -2.36. The van der Waals surface area contributed by atoms with Gasteiger partial charge >= 0.3 is 0 Å². The molecule has 6 nitrogen and oxygen atoms in total. The summed E-state index contributed by atoms with van der Waals surface area (Å²) in [5, 5.41) is 1.92. The zero-order chi connectivity index (χ0) is 12.0. The zero-order valence-electron chi connectivity index (χ0n) is 10.1. The van der Waals surface area contributed by atoms with Gasteiger partial charge in [0.2, 0.25) is 0 Å². The van der Waals surface area contributed by atoms with Crippen molar-refractivity contribution in [3.8, 4) is 0 Å². The van der Waals surface area contributed by atoms with Gasteiger partial charge in [-0.15, -0.1) is 0 Å². The predicted molar refractivity (Wildman–Crippen MR) is 64.5 cm³/mol. The van der Waals surface area contributed by atoms with Crippen LogP contribution in [0.25, 0.3) is 0 Å². The predicted octanol–water partition coefficient (Wildman–Crippen LogP) is 0.207. The number of nitrogens with zero attached hydrogens (tertiary/aromatic N) is 3. The molecule has 1 atom stereocenters. The Balaban J connectivity index is 2.04. The summed E-state index contributed by atoms with van der Waals surface area (Å²) in [5.41, 5.74) is 4.82. The number of anilines is 1. The maximum absolute atomic E-state index is 11.9. The number of hydrogen-bond acceptors (Lipinski definition) is 5. The minimum Gasteiger partial charge on any atom is -0.311 e. The minimum atomic E-state index is -0.0702. The zero-order valence-corrected chi connectivity index (χ0v) is 10.1. The van der Waals surface area contributed by atoms with Gasteiger partial charge in [0, 0.05) is 19.1 Å². The number of fused-ring (bicyclic) bond motifs is 1. The summed E-state index contributed by atoms with van der Waals surface area (Å²) in [5.74, 6) is 0. The number of aromatic amines is 1. The molecule has 1 aromatic heterocycles. The van der Waals surface area contributed by atoms with E-state index in [1.165, 1.54) is 12.7 Å². The van der Waals surface area contributed by atoms with E-state index < -0.39 is 0 Å². The van der Waals surface area contributed by atoms with Gasteiger partial charge < -0.3 is 4.98 Å². The number of nitrogens with one attached hydrogen (secondary N) is 2. The smallest absolute Gasteiger partial charge is 0.276 e. The molecule has 0 aromatic carbocycles. The van der Waals surface area contributed by atoms with Crippen molar-refractivity contribution in [3.05, 3.63) is 22.4 Å². The molecule has 3 heterocycles. The first kappa shape index (κ1) is 10.7. The van der Waals surface area contributed by atoms with Crippen LogP contribution >= 0.6 is 0 Å². The third-order valence-electron chi connectivity index (χ3n) is 3.39. The van der Waals surface area contributed by atoms with Crippen LogP contribution in [-0.4, -0.2) is 34.0 Å². The molecule has 0 bridgehead atoms. The van der Waals surface area contributed by atoms with E-state index in [-0.39, 0.29) is 17.8 Å². The first-order chi connectivity index (χ1) is 8.18. The first-order valence-electron chi connectivity index (χ1n) is 6.05. The molecule has 6 heteroatoms. The van der Waals surface area contributed by atoms with Crippen molar-refractivity contribution in [1.29, 1.82) is 0 Å². The normalized spacial score (nSPS) is 23.9. The van der Waals surface area contributed by atoms with Gasteiger partial charge in [0.25, 0.3) is 5.56 Å². The summed E-state index contributed by atoms with van der Waals surface area (Å²) in [6.07, 6.45) is 2.76. The van der Waals surface area contributed by atoms with Crippen LogP contribution in [0, 0.1) is 0 Å². The summed E-state index contributed by atoms with van der Waals surface area (Å²) < 4.78 is 0. The molecule has 1 fully saturated rings. The Kier molecular flexibility index (Phi) is 2.41. The highest BCUT2D eigenvalue weighted by atomic mass is 16.1. The molecular formula is C11H17N5O. The third kappa shape index (κ3) is 1.56. The summed E-state index contributed by atoms with van der Waals surface area (Å²) >= 11 is 0. The van der Waals surface area contributed by atoms with E-state index in [2.05, 4.69) is 34.1 Å². The summed E-state index contributed by atoms with van der Waals surface area (Å²) in [6, 6.07) is 0.227. The summed E-state index contributed by atoms with van der Waals surface area (Å²) in [6.45, 7) is 6.25. The van der Waals surface area contributed by atoms with Crippen molar-refractivity contribution in [2.75, 3.05) is 18.1 Å². The van der Waals surface area contributed by atoms with E-state index in [0.717, 1.165) is 18.8 Å². The molecule has 17 heavy (non-hydrogen) atoms. The molecular weight excluding hydrogens is 218 g/mol. The van der Waals surface area contributed by atoms with Crippen LogP contribution in [0.2, 0.25) is 0 Å². The van der Waals surface area contributed by atoms with E-state index in [4.69, 9.17) is 0 Å². The highest BCUT2D eigenvalue weighted by Crippen LogP contribution is 2.33. The van der Waals surface area contributed by atoms with E-state index in [9.17, 15) is 4.79 Å². The van der Waals surface area contributed by atoms with E-state index >= 15 is 0 Å². The van der Waals surface area contributed by atoms with Gasteiger partial charge in [0.15, 0.2) is 0 Å². The number of hydrazine groups is 1. The second-order valence-corrected chi connectivity index (χ2v) is 4.85. The van der Waals surface area contributed by atoms with Crippen LogP contribution < -0.4 is 16.0 Å². The van der Waals surface area contributed by atoms with Gasteiger partial charge in [-0.25, -0.2) is 10.4 Å². The van der Waals surface area contributed by atoms with Crippen molar-refractivity contribution in [2.24, 2.45) is 0 Å². The molecule has 0 amide bonds. The number of hydrogen-bond donors (Lipinski definition) is 2. The maximum Gasteiger partial charge on any atom is 0.276 e. The average molecular weight is 235 g/mol. The van der Waals surface area contributed by atoms with Crippen LogP contribution in [0.5, 0.6) is 0 Å². The van der Waals surface area contributed by atoms with Gasteiger partial charge in [-0.1, -0.05) is 0 Å². The Hall–Kier alpha value is -1.40. The van der Waals surface area contributed by atoms with E-state index in [1.54, 1.807) is 0 Å². The molecule has 1 saturated heterocycles. The molecule has 2 N–H and O–H groups in total. The molecule has 2 aliphatic rings. The Bertz CT molecular complexity index is 479. The standard InChI is InChI=1S/C11H17N5O/c1-7(2)16-9-8(12-6-13-11(9)17)10(14-16)15-4-3-5-15/h6-7,10,14H,3-5H2,1-2H3,(H,12,13,17). The van der Waals surface area contributed by atoms with Gasteiger partial charge in [-0.3, -0.25) is 14.7 Å². The lowest BCUT2D eigenvalue weighted by molar-refractivity contribution is 0.0966. The molecule has 0 saturated carbocycles. The van der Waals surface area contributed by atoms with Crippen LogP contribution in [0.15, 0.2) is 11.1 Å². The number of rotatable bonds is 2. The largest absolute Gasteiger partial charge is 0.311 e. The second-order valence-electron chi connectivity index (χ2n) is 4.85. The SMILES string of the molecule is CC(C)N1NC(N2CCC2)c2nc[nH]c(=O)c21. The van der Waals surface area contributed by atoms with Crippen LogP contribution in [0.3, 0.4) is 0 Å². The summed E-state index contributed by atoms with van der Waals surface area (Å²) in [7, 11) is 0. The molecule has 2 aliphatic heterocycles. The fraction of sp³-hybridized carbons (Fsp3) is 0.636. The average Bonchev–Trinajstić information content (AvgIpc) is 2.57. The van der Waals surface area contributed by atoms with Crippen molar-refractivity contribution >= 4 is 5.69 Å². The molecule has 1 aromatic rings. The highest BCUT2D eigenvalue weighted by molar-refractivity contribution is 5.53. The molecule has 92 valence electrons. The Morgan fingerprint density at radius 1 is 1.47 bits per heavy atom. The monoisotopic (exact) mass is 235 g/mol. The number of H-pyrrole nitrogens is 1. The van der Waals surface area contributed by atoms with Crippen LogP contribution in [0.4, 0.5) is 5.69 Å². The first-order valence-corrected chi connectivity index (χ1v) is 6.05. The molecule has 0 spiro atoms. The van der Waals surface area contributed by atoms with E-state index in [1.807, 2.05) is 5.01 Å². The highest BCUT2D eigenvalue weighted by Gasteiger charge is 2.38.